The summed E-state index contributed by atoms with van der Waals surface area (Å²) in [5, 5.41) is 0. The lowest BCUT2D eigenvalue weighted by Crippen LogP contribution is -2.48. The van der Waals surface area contributed by atoms with Gasteiger partial charge in [-0.05, 0) is 72.5 Å². The van der Waals surface area contributed by atoms with Crippen LogP contribution >= 0.6 is 48.8 Å². The zero-order valence-corrected chi connectivity index (χ0v) is 22.7. The van der Waals surface area contributed by atoms with Gasteiger partial charge in [0, 0.05) is 30.7 Å². The van der Waals surface area contributed by atoms with Gasteiger partial charge in [0.25, 0.3) is 0 Å². The SMILES string of the molecule is C[C@@]12SC(c3cccc(S)c3)=CC1=C1C(=C3C=C(c4cccc(S)c4)S[C@]32C)C(F)(F)C(F)(F)C1(F)F. The van der Waals surface area contributed by atoms with E-state index in [9.17, 15) is 8.78 Å². The number of fused-ring (bicyclic) bond motifs is 4. The molecule has 0 aromatic heterocycles. The molecule has 0 spiro atoms. The zero-order chi connectivity index (χ0) is 26.8. The minimum atomic E-state index is -5.57. The van der Waals surface area contributed by atoms with Gasteiger partial charge in [-0.15, -0.1) is 48.8 Å². The first-order valence-corrected chi connectivity index (χ1v) is 13.7. The summed E-state index contributed by atoms with van der Waals surface area (Å²) in [5.74, 6) is -15.7. The fraction of sp³-hybridized carbons (Fsp3) is 0.259. The Morgan fingerprint density at radius 1 is 0.622 bits per heavy atom. The zero-order valence-electron chi connectivity index (χ0n) is 19.3. The van der Waals surface area contributed by atoms with Crippen molar-refractivity contribution in [1.82, 2.24) is 0 Å². The van der Waals surface area contributed by atoms with Crippen molar-refractivity contribution in [1.29, 1.82) is 0 Å². The van der Waals surface area contributed by atoms with E-state index in [1.165, 1.54) is 35.7 Å². The van der Waals surface area contributed by atoms with E-state index < -0.39 is 38.4 Å². The van der Waals surface area contributed by atoms with Crippen molar-refractivity contribution in [2.24, 2.45) is 0 Å². The molecular formula is C27H18F6S4. The van der Waals surface area contributed by atoms with E-state index in [-0.39, 0.29) is 11.1 Å². The van der Waals surface area contributed by atoms with Crippen LogP contribution in [0, 0.1) is 0 Å². The maximum absolute atomic E-state index is 15.4. The van der Waals surface area contributed by atoms with Crippen LogP contribution in [0.5, 0.6) is 0 Å². The predicted molar refractivity (Wildman–Crippen MR) is 144 cm³/mol. The molecule has 0 amide bonds. The molecule has 2 atom stereocenters. The summed E-state index contributed by atoms with van der Waals surface area (Å²) in [5.41, 5.74) is -1.61. The number of halogens is 6. The molecule has 0 bridgehead atoms. The molecule has 0 unspecified atom stereocenters. The fourth-order valence-electron chi connectivity index (χ4n) is 5.51. The highest BCUT2D eigenvalue weighted by Gasteiger charge is 2.84. The van der Waals surface area contributed by atoms with E-state index in [0.717, 1.165) is 0 Å². The Bertz CT molecular complexity index is 1410. The Balaban J connectivity index is 1.66. The van der Waals surface area contributed by atoms with Crippen LogP contribution < -0.4 is 0 Å². The minimum absolute atomic E-state index is 0.190. The molecule has 0 N–H and O–H groups in total. The van der Waals surface area contributed by atoms with Gasteiger partial charge in [-0.25, -0.2) is 0 Å². The third-order valence-corrected chi connectivity index (χ3v) is 11.5. The van der Waals surface area contributed by atoms with Crippen LogP contribution in [0.3, 0.4) is 0 Å². The Hall–Kier alpha value is -1.62. The van der Waals surface area contributed by atoms with E-state index in [1.54, 1.807) is 62.4 Å². The van der Waals surface area contributed by atoms with Crippen molar-refractivity contribution in [2.45, 2.75) is 50.9 Å². The molecule has 2 aromatic carbocycles. The van der Waals surface area contributed by atoms with Gasteiger partial charge in [0.1, 0.15) is 0 Å². The smallest absolute Gasteiger partial charge is 0.194 e. The average molecular weight is 585 g/mol. The third-order valence-electron chi connectivity index (χ3n) is 7.58. The Labute approximate surface area is 229 Å². The van der Waals surface area contributed by atoms with E-state index >= 15 is 17.6 Å². The second kappa shape index (κ2) is 7.73. The van der Waals surface area contributed by atoms with E-state index in [0.29, 0.717) is 30.7 Å². The van der Waals surface area contributed by atoms with Crippen LogP contribution in [0.25, 0.3) is 9.81 Å². The predicted octanol–water partition coefficient (Wildman–Crippen LogP) is 9.18. The van der Waals surface area contributed by atoms with Crippen LogP contribution in [0.15, 0.2) is 92.8 Å². The van der Waals surface area contributed by atoms with Crippen LogP contribution in [-0.2, 0) is 0 Å². The van der Waals surface area contributed by atoms with Crippen molar-refractivity contribution in [3.63, 3.8) is 0 Å². The lowest BCUT2D eigenvalue weighted by Gasteiger charge is -2.47. The normalized spacial score (nSPS) is 30.6. The Kier molecular flexibility index (Phi) is 5.36. The molecule has 0 nitrogen and oxygen atoms in total. The van der Waals surface area contributed by atoms with Crippen molar-refractivity contribution in [3.8, 4) is 0 Å². The third kappa shape index (κ3) is 3.13. The highest BCUT2D eigenvalue weighted by molar-refractivity contribution is 8.14. The first-order valence-electron chi connectivity index (χ1n) is 11.2. The molecule has 2 aromatic rings. The van der Waals surface area contributed by atoms with E-state index in [1.807, 2.05) is 0 Å². The summed E-state index contributed by atoms with van der Waals surface area (Å²) in [7, 11) is 0. The number of allylic oxidation sites excluding steroid dienone is 4. The Morgan fingerprint density at radius 2 is 1.00 bits per heavy atom. The molecule has 10 heteroatoms. The number of hydrogen-bond donors (Lipinski definition) is 2. The summed E-state index contributed by atoms with van der Waals surface area (Å²) in [4.78, 5) is 2.31. The molecular weight excluding hydrogens is 567 g/mol. The molecule has 0 saturated heterocycles. The first kappa shape index (κ1) is 25.6. The maximum Gasteiger partial charge on any atom is 0.380 e. The number of hydrogen-bond acceptors (Lipinski definition) is 4. The van der Waals surface area contributed by atoms with Crippen LogP contribution in [0.1, 0.15) is 25.0 Å². The molecule has 192 valence electrons. The van der Waals surface area contributed by atoms with Gasteiger partial charge in [-0.2, -0.15) is 26.3 Å². The van der Waals surface area contributed by atoms with Crippen LogP contribution in [0.4, 0.5) is 26.3 Å². The molecule has 4 aliphatic rings. The van der Waals surface area contributed by atoms with Crippen molar-refractivity contribution in [2.75, 3.05) is 0 Å². The number of benzene rings is 2. The van der Waals surface area contributed by atoms with Crippen molar-refractivity contribution >= 4 is 58.6 Å². The Morgan fingerprint density at radius 3 is 1.35 bits per heavy atom. The van der Waals surface area contributed by atoms with Gasteiger partial charge >= 0.3 is 17.8 Å². The topological polar surface area (TPSA) is 0 Å². The average Bonchev–Trinajstić information content (AvgIpc) is 3.39. The number of alkyl halides is 6. The monoisotopic (exact) mass is 584 g/mol. The summed E-state index contributed by atoms with van der Waals surface area (Å²) in [6, 6.07) is 13.9. The fourth-order valence-corrected chi connectivity index (χ4v) is 9.09. The number of rotatable bonds is 2. The van der Waals surface area contributed by atoms with Crippen LogP contribution in [-0.4, -0.2) is 27.3 Å². The largest absolute Gasteiger partial charge is 0.380 e. The van der Waals surface area contributed by atoms with E-state index in [4.69, 9.17) is 0 Å². The maximum atomic E-state index is 15.4. The molecule has 1 saturated carbocycles. The summed E-state index contributed by atoms with van der Waals surface area (Å²) < 4.78 is 88.8. The molecule has 37 heavy (non-hydrogen) atoms. The molecule has 1 fully saturated rings. The molecule has 2 aliphatic carbocycles. The van der Waals surface area contributed by atoms with Crippen LogP contribution in [0.2, 0.25) is 0 Å². The van der Waals surface area contributed by atoms with Gasteiger partial charge in [-0.3, -0.25) is 0 Å². The lowest BCUT2D eigenvalue weighted by molar-refractivity contribution is -0.258. The number of thioether (sulfide) groups is 2. The minimum Gasteiger partial charge on any atom is -0.194 e. The second-order valence-corrected chi connectivity index (χ2v) is 13.6. The second-order valence-electron chi connectivity index (χ2n) is 9.69. The molecule has 6 rings (SSSR count). The van der Waals surface area contributed by atoms with Gasteiger partial charge in [0.15, 0.2) is 0 Å². The van der Waals surface area contributed by atoms with Gasteiger partial charge in [0.05, 0.1) is 9.49 Å². The molecule has 2 heterocycles. The van der Waals surface area contributed by atoms with Crippen molar-refractivity contribution < 1.29 is 26.3 Å². The summed E-state index contributed by atoms with van der Waals surface area (Å²) >= 11 is 11.1. The standard InChI is InChI=1S/C27H18F6S4/c1-23-17(11-19(36-23)13-5-3-7-15(34)9-13)21-22(26(30,31)27(32,33)25(21,28)29)18-12-20(37-24(18,23)2)14-6-4-8-16(35)10-14/h3-12,34-35H,1-2H3/t23-,24-/m1/s1. The first-order chi connectivity index (χ1) is 17.1. The summed E-state index contributed by atoms with van der Waals surface area (Å²) in [6.07, 6.45) is 2.76. The van der Waals surface area contributed by atoms with Gasteiger partial charge in [0.2, 0.25) is 0 Å². The quantitative estimate of drug-likeness (QED) is 0.267. The molecule has 2 aliphatic heterocycles. The van der Waals surface area contributed by atoms with E-state index in [2.05, 4.69) is 25.3 Å². The van der Waals surface area contributed by atoms with Gasteiger partial charge < -0.3 is 0 Å². The van der Waals surface area contributed by atoms with Crippen molar-refractivity contribution in [3.05, 3.63) is 94.1 Å². The highest BCUT2D eigenvalue weighted by atomic mass is 32.2. The number of thiol groups is 2. The lowest BCUT2D eigenvalue weighted by atomic mass is 9.71. The summed E-state index contributed by atoms with van der Waals surface area (Å²) in [6.45, 7) is 3.35. The van der Waals surface area contributed by atoms with Gasteiger partial charge in [-0.1, -0.05) is 24.3 Å². The highest BCUT2D eigenvalue weighted by Crippen LogP contribution is 2.75. The molecule has 0 radical (unpaired) electrons.